The van der Waals surface area contributed by atoms with E-state index in [9.17, 15) is 26.3 Å². The molecule has 2 aliphatic carbocycles. The predicted molar refractivity (Wildman–Crippen MR) is 146 cm³/mol. The van der Waals surface area contributed by atoms with Gasteiger partial charge in [-0.25, -0.2) is 0 Å². The highest BCUT2D eigenvalue weighted by Gasteiger charge is 2.58. The smallest absolute Gasteiger partial charge is 0.171 e. The molecule has 2 fully saturated rings. The summed E-state index contributed by atoms with van der Waals surface area (Å²) in [6, 6.07) is 0. The van der Waals surface area contributed by atoms with Gasteiger partial charge in [-0.3, -0.25) is 0 Å². The van der Waals surface area contributed by atoms with Crippen molar-refractivity contribution in [3.8, 4) is 0 Å². The first-order valence-corrected chi connectivity index (χ1v) is 15.3. The van der Waals surface area contributed by atoms with Crippen molar-refractivity contribution in [2.45, 2.75) is 158 Å². The van der Waals surface area contributed by atoms with Crippen LogP contribution in [0, 0.1) is 45.3 Å². The van der Waals surface area contributed by atoms with Crippen LogP contribution in [0.25, 0.3) is 0 Å². The van der Waals surface area contributed by atoms with E-state index in [1.54, 1.807) is 0 Å². The minimum absolute atomic E-state index is 0.0201. The molecule has 0 spiro atoms. The average molecular weight is 555 g/mol. The average Bonchev–Trinajstić information content (AvgIpc) is 2.73. The standard InChI is InChI=1S/C32H56F6/c1-23(2)19-29(20-24(3)4)17-12-26(13-18-29)11-14-28(8,32(36,37)38)22-30(15-9-25(5)10-16-30)21-27(6,7)31(33,34)35/h23-26H,9-22H2,1-8H3. The summed E-state index contributed by atoms with van der Waals surface area (Å²) in [5.74, 6) is 1.84. The molecule has 0 nitrogen and oxygen atoms in total. The summed E-state index contributed by atoms with van der Waals surface area (Å²) < 4.78 is 85.8. The third-order valence-corrected chi connectivity index (χ3v) is 10.3. The monoisotopic (exact) mass is 554 g/mol. The maximum absolute atomic E-state index is 14.7. The van der Waals surface area contributed by atoms with Crippen molar-refractivity contribution in [3.05, 3.63) is 0 Å². The van der Waals surface area contributed by atoms with Gasteiger partial charge in [0.15, 0.2) is 0 Å². The SMILES string of the molecule is CC(C)CC1(CC(C)C)CCC(CCC(C)(CC2(CC(C)(C)C(F)(F)F)CCC(C)CC2)C(F)(F)F)CC1. The van der Waals surface area contributed by atoms with Gasteiger partial charge in [0.2, 0.25) is 0 Å². The van der Waals surface area contributed by atoms with Gasteiger partial charge in [-0.2, -0.15) is 26.3 Å². The first-order chi connectivity index (χ1) is 17.1. The van der Waals surface area contributed by atoms with Crippen molar-refractivity contribution < 1.29 is 26.3 Å². The molecule has 0 N–H and O–H groups in total. The molecule has 0 aromatic carbocycles. The Bertz CT molecular complexity index is 703. The van der Waals surface area contributed by atoms with Gasteiger partial charge in [0.05, 0.1) is 10.8 Å². The molecule has 226 valence electrons. The Balaban J connectivity index is 2.19. The van der Waals surface area contributed by atoms with Crippen LogP contribution in [-0.4, -0.2) is 12.4 Å². The zero-order valence-electron chi connectivity index (χ0n) is 25.5. The van der Waals surface area contributed by atoms with E-state index in [4.69, 9.17) is 0 Å². The minimum atomic E-state index is -4.43. The van der Waals surface area contributed by atoms with Crippen molar-refractivity contribution in [3.63, 3.8) is 0 Å². The summed E-state index contributed by atoms with van der Waals surface area (Å²) >= 11 is 0. The van der Waals surface area contributed by atoms with Gasteiger partial charge in [-0.15, -0.1) is 0 Å². The first kappa shape index (κ1) is 33.8. The Kier molecular flexibility index (Phi) is 10.9. The third-order valence-electron chi connectivity index (χ3n) is 10.3. The molecular formula is C32H56F6. The maximum Gasteiger partial charge on any atom is 0.394 e. The Morgan fingerprint density at radius 2 is 1.11 bits per heavy atom. The van der Waals surface area contributed by atoms with E-state index in [1.165, 1.54) is 33.6 Å². The molecule has 0 aromatic heterocycles. The fourth-order valence-corrected chi connectivity index (χ4v) is 8.31. The summed E-state index contributed by atoms with van der Waals surface area (Å²) in [7, 11) is 0. The number of alkyl halides is 6. The van der Waals surface area contributed by atoms with Crippen LogP contribution in [0.5, 0.6) is 0 Å². The van der Waals surface area contributed by atoms with Crippen LogP contribution >= 0.6 is 0 Å². The van der Waals surface area contributed by atoms with E-state index in [0.717, 1.165) is 25.7 Å². The molecule has 1 atom stereocenters. The molecule has 38 heavy (non-hydrogen) atoms. The highest BCUT2D eigenvalue weighted by molar-refractivity contribution is 4.98. The summed E-state index contributed by atoms with van der Waals surface area (Å²) in [5.41, 5.74) is -4.58. The zero-order chi connectivity index (χ0) is 29.2. The van der Waals surface area contributed by atoms with Gasteiger partial charge in [-0.1, -0.05) is 68.2 Å². The summed E-state index contributed by atoms with van der Waals surface area (Å²) in [6.07, 6.45) is 0.0365. The lowest BCUT2D eigenvalue weighted by Gasteiger charge is -2.49. The minimum Gasteiger partial charge on any atom is -0.171 e. The number of hydrogen-bond acceptors (Lipinski definition) is 0. The van der Waals surface area contributed by atoms with E-state index in [-0.39, 0.29) is 25.2 Å². The molecule has 0 bridgehead atoms. The van der Waals surface area contributed by atoms with Crippen LogP contribution in [0.15, 0.2) is 0 Å². The van der Waals surface area contributed by atoms with Gasteiger partial charge in [0.25, 0.3) is 0 Å². The van der Waals surface area contributed by atoms with E-state index in [1.807, 2.05) is 0 Å². The maximum atomic E-state index is 14.7. The lowest BCUT2D eigenvalue weighted by atomic mass is 9.56. The van der Waals surface area contributed by atoms with Crippen LogP contribution in [0.4, 0.5) is 26.3 Å². The van der Waals surface area contributed by atoms with Crippen LogP contribution < -0.4 is 0 Å². The lowest BCUT2D eigenvalue weighted by Crippen LogP contribution is -2.46. The first-order valence-electron chi connectivity index (χ1n) is 15.3. The van der Waals surface area contributed by atoms with Gasteiger partial charge >= 0.3 is 12.4 Å². The molecule has 0 aromatic rings. The number of halogens is 6. The van der Waals surface area contributed by atoms with E-state index < -0.39 is 28.6 Å². The molecule has 6 heteroatoms. The molecule has 2 saturated carbocycles. The Hall–Kier alpha value is -0.420. The number of hydrogen-bond donors (Lipinski definition) is 0. The Labute approximate surface area is 229 Å². The largest absolute Gasteiger partial charge is 0.394 e. The van der Waals surface area contributed by atoms with Gasteiger partial charge in [0, 0.05) is 0 Å². The molecular weight excluding hydrogens is 498 g/mol. The van der Waals surface area contributed by atoms with Crippen molar-refractivity contribution in [2.75, 3.05) is 0 Å². The second kappa shape index (κ2) is 12.2. The van der Waals surface area contributed by atoms with E-state index in [0.29, 0.717) is 55.3 Å². The molecule has 0 radical (unpaired) electrons. The van der Waals surface area contributed by atoms with Gasteiger partial charge in [0.1, 0.15) is 0 Å². The van der Waals surface area contributed by atoms with Gasteiger partial charge < -0.3 is 0 Å². The lowest BCUT2D eigenvalue weighted by molar-refractivity contribution is -0.247. The molecule has 2 rings (SSSR count). The van der Waals surface area contributed by atoms with Crippen molar-refractivity contribution in [1.82, 2.24) is 0 Å². The second-order valence-electron chi connectivity index (χ2n) is 15.7. The van der Waals surface area contributed by atoms with E-state index in [2.05, 4.69) is 34.6 Å². The summed E-state index contributed by atoms with van der Waals surface area (Å²) in [6.45, 7) is 14.7. The second-order valence-corrected chi connectivity index (χ2v) is 15.7. The molecule has 0 saturated heterocycles. The zero-order valence-corrected chi connectivity index (χ0v) is 25.5. The summed E-state index contributed by atoms with van der Waals surface area (Å²) in [4.78, 5) is 0. The highest BCUT2D eigenvalue weighted by atomic mass is 19.4. The molecule has 1 unspecified atom stereocenters. The van der Waals surface area contributed by atoms with Crippen LogP contribution in [0.1, 0.15) is 145 Å². The molecule has 0 amide bonds. The molecule has 2 aliphatic rings. The fraction of sp³-hybridized carbons (Fsp3) is 1.00. The molecule has 0 aliphatic heterocycles. The predicted octanol–water partition coefficient (Wildman–Crippen LogP) is 12.2. The van der Waals surface area contributed by atoms with Crippen LogP contribution in [0.2, 0.25) is 0 Å². The highest BCUT2D eigenvalue weighted by Crippen LogP contribution is 2.60. The van der Waals surface area contributed by atoms with E-state index >= 15 is 0 Å². The van der Waals surface area contributed by atoms with Crippen LogP contribution in [-0.2, 0) is 0 Å². The summed E-state index contributed by atoms with van der Waals surface area (Å²) in [5, 5.41) is 0. The fourth-order valence-electron chi connectivity index (χ4n) is 8.31. The third kappa shape index (κ3) is 8.79. The topological polar surface area (TPSA) is 0 Å². The van der Waals surface area contributed by atoms with Crippen molar-refractivity contribution in [2.24, 2.45) is 45.3 Å². The quantitative estimate of drug-likeness (QED) is 0.223. The number of rotatable bonds is 11. The van der Waals surface area contributed by atoms with Crippen molar-refractivity contribution in [1.29, 1.82) is 0 Å². The van der Waals surface area contributed by atoms with Gasteiger partial charge in [-0.05, 0) is 112 Å². The Morgan fingerprint density at radius 1 is 0.658 bits per heavy atom. The van der Waals surface area contributed by atoms with Crippen LogP contribution in [0.3, 0.4) is 0 Å². The molecule has 0 heterocycles. The normalized spacial score (nSPS) is 27.6. The van der Waals surface area contributed by atoms with Crippen molar-refractivity contribution >= 4 is 0 Å². The Morgan fingerprint density at radius 3 is 1.50 bits per heavy atom.